The third kappa shape index (κ3) is 1.89. The van der Waals surface area contributed by atoms with E-state index in [2.05, 4.69) is 5.32 Å². The Kier molecular flexibility index (Phi) is 3.36. The van der Waals surface area contributed by atoms with Crippen LogP contribution < -0.4 is 10.1 Å². The number of fused-ring (bicyclic) bond motifs is 2. The number of hydrogen-bond donors (Lipinski definition) is 1. The Bertz CT molecular complexity index is 722. The van der Waals surface area contributed by atoms with Crippen LogP contribution in [0.25, 0.3) is 0 Å². The van der Waals surface area contributed by atoms with Crippen molar-refractivity contribution >= 4 is 23.2 Å². The molecule has 2 fully saturated rings. The lowest BCUT2D eigenvalue weighted by Gasteiger charge is -2.34. The lowest BCUT2D eigenvalue weighted by molar-refractivity contribution is -0.147. The third-order valence-electron chi connectivity index (χ3n) is 5.70. The normalized spacial score (nSPS) is 28.1. The first-order valence-electron chi connectivity index (χ1n) is 7.80. The van der Waals surface area contributed by atoms with Crippen LogP contribution in [0.2, 0.25) is 0 Å². The Labute approximate surface area is 135 Å². The smallest absolute Gasteiger partial charge is 0.239 e. The Hall–Kier alpha value is -2.17. The lowest BCUT2D eigenvalue weighted by Crippen LogP contribution is -2.47. The molecule has 2 aliphatic rings. The number of benzene rings is 1. The fourth-order valence-electron chi connectivity index (χ4n) is 4.23. The number of carbonyl (C=O) groups is 3. The largest absolute Gasteiger partial charge is 0.495 e. The minimum absolute atomic E-state index is 0.347. The molecule has 1 aromatic rings. The number of nitrogens with one attached hydrogen (secondary N) is 1. The number of hydrogen-bond acceptors (Lipinski definition) is 4. The zero-order chi connectivity index (χ0) is 17.0. The molecular formula is C18H21NO4. The monoisotopic (exact) mass is 315 g/mol. The first kappa shape index (κ1) is 15.7. The fourth-order valence-corrected chi connectivity index (χ4v) is 4.23. The number of rotatable bonds is 3. The van der Waals surface area contributed by atoms with E-state index in [1.807, 2.05) is 26.8 Å². The molecule has 2 saturated carbocycles. The maximum absolute atomic E-state index is 13.0. The van der Waals surface area contributed by atoms with Gasteiger partial charge >= 0.3 is 0 Å². The van der Waals surface area contributed by atoms with Crippen LogP contribution in [0.15, 0.2) is 18.2 Å². The molecule has 2 aliphatic carbocycles. The van der Waals surface area contributed by atoms with Gasteiger partial charge in [0.05, 0.1) is 12.8 Å². The van der Waals surface area contributed by atoms with Gasteiger partial charge in [0.1, 0.15) is 11.2 Å². The predicted molar refractivity (Wildman–Crippen MR) is 85.3 cm³/mol. The molecule has 23 heavy (non-hydrogen) atoms. The average Bonchev–Trinajstić information content (AvgIpc) is 2.84. The van der Waals surface area contributed by atoms with Crippen molar-refractivity contribution in [3.05, 3.63) is 23.8 Å². The summed E-state index contributed by atoms with van der Waals surface area (Å²) in [5.41, 5.74) is -0.416. The maximum atomic E-state index is 13.0. The molecule has 1 aromatic carbocycles. The summed E-state index contributed by atoms with van der Waals surface area (Å²) in [4.78, 5) is 37.7. The number of carbonyl (C=O) groups excluding carboxylic acids is 3. The van der Waals surface area contributed by atoms with Crippen molar-refractivity contribution in [2.24, 2.45) is 16.7 Å². The van der Waals surface area contributed by atoms with E-state index in [-0.39, 0.29) is 5.92 Å². The van der Waals surface area contributed by atoms with Gasteiger partial charge in [-0.2, -0.15) is 0 Å². The Balaban J connectivity index is 2.00. The van der Waals surface area contributed by atoms with Crippen molar-refractivity contribution in [3.63, 3.8) is 0 Å². The summed E-state index contributed by atoms with van der Waals surface area (Å²) < 4.78 is 5.27. The van der Waals surface area contributed by atoms with Crippen LogP contribution in [-0.4, -0.2) is 24.6 Å². The minimum Gasteiger partial charge on any atom is -0.495 e. The molecule has 3 rings (SSSR count). The molecular weight excluding hydrogens is 294 g/mol. The summed E-state index contributed by atoms with van der Waals surface area (Å²) in [7, 11) is 1.53. The Morgan fingerprint density at radius 2 is 2.00 bits per heavy atom. The van der Waals surface area contributed by atoms with Crippen LogP contribution >= 0.6 is 0 Å². The molecule has 2 bridgehead atoms. The van der Waals surface area contributed by atoms with Crippen LogP contribution in [0.1, 0.15) is 32.3 Å². The van der Waals surface area contributed by atoms with E-state index >= 15 is 0 Å². The summed E-state index contributed by atoms with van der Waals surface area (Å²) in [5.74, 6) is -1.15. The quantitative estimate of drug-likeness (QED) is 0.687. The van der Waals surface area contributed by atoms with Gasteiger partial charge in [0, 0.05) is 5.92 Å². The van der Waals surface area contributed by atoms with E-state index in [9.17, 15) is 14.4 Å². The van der Waals surface area contributed by atoms with E-state index in [1.165, 1.54) is 7.11 Å². The molecule has 0 aromatic heterocycles. The molecule has 122 valence electrons. The summed E-state index contributed by atoms with van der Waals surface area (Å²) in [6, 6.07) is 5.45. The maximum Gasteiger partial charge on any atom is 0.239 e. The van der Waals surface area contributed by atoms with Gasteiger partial charge in [0.15, 0.2) is 0 Å². The van der Waals surface area contributed by atoms with Gasteiger partial charge in [0.2, 0.25) is 17.5 Å². The SMILES string of the molecule is COc1ccc(C)cc1NC(=O)C12CCC(C(=O)C1=O)C2(C)C. The van der Waals surface area contributed by atoms with Crippen molar-refractivity contribution in [2.75, 3.05) is 12.4 Å². The number of amides is 1. The molecule has 2 unspecified atom stereocenters. The predicted octanol–water partition coefficient (Wildman–Crippen LogP) is 2.52. The first-order valence-corrected chi connectivity index (χ1v) is 7.80. The third-order valence-corrected chi connectivity index (χ3v) is 5.70. The topological polar surface area (TPSA) is 72.5 Å². The number of methoxy groups -OCH3 is 1. The molecule has 2 atom stereocenters. The van der Waals surface area contributed by atoms with Crippen LogP contribution in [-0.2, 0) is 14.4 Å². The van der Waals surface area contributed by atoms with Crippen LogP contribution in [0, 0.1) is 23.7 Å². The fraction of sp³-hybridized carbons (Fsp3) is 0.500. The minimum atomic E-state index is -1.26. The van der Waals surface area contributed by atoms with E-state index in [1.54, 1.807) is 12.1 Å². The molecule has 5 nitrogen and oxygen atoms in total. The highest BCUT2D eigenvalue weighted by Gasteiger charge is 2.72. The molecule has 1 N–H and O–H groups in total. The molecule has 0 spiro atoms. The van der Waals surface area contributed by atoms with E-state index < -0.39 is 28.3 Å². The van der Waals surface area contributed by atoms with Gasteiger partial charge in [-0.15, -0.1) is 0 Å². The molecule has 0 aliphatic heterocycles. The lowest BCUT2D eigenvalue weighted by atomic mass is 9.68. The van der Waals surface area contributed by atoms with Gasteiger partial charge in [0.25, 0.3) is 0 Å². The van der Waals surface area contributed by atoms with Crippen LogP contribution in [0.3, 0.4) is 0 Å². The highest BCUT2D eigenvalue weighted by atomic mass is 16.5. The Morgan fingerprint density at radius 1 is 1.30 bits per heavy atom. The van der Waals surface area contributed by atoms with Crippen LogP contribution in [0.5, 0.6) is 5.75 Å². The first-order chi connectivity index (χ1) is 10.8. The van der Waals surface area contributed by atoms with Gasteiger partial charge in [-0.05, 0) is 42.9 Å². The summed E-state index contributed by atoms with van der Waals surface area (Å²) in [6.07, 6.45) is 1.02. The number of anilines is 1. The molecule has 0 radical (unpaired) electrons. The van der Waals surface area contributed by atoms with Gasteiger partial charge < -0.3 is 10.1 Å². The van der Waals surface area contributed by atoms with E-state index in [4.69, 9.17) is 4.74 Å². The highest BCUT2D eigenvalue weighted by molar-refractivity contribution is 6.48. The van der Waals surface area contributed by atoms with Crippen LogP contribution in [0.4, 0.5) is 5.69 Å². The zero-order valence-electron chi connectivity index (χ0n) is 13.9. The Morgan fingerprint density at radius 3 is 2.57 bits per heavy atom. The van der Waals surface area contributed by atoms with Crippen molar-refractivity contribution < 1.29 is 19.1 Å². The zero-order valence-corrected chi connectivity index (χ0v) is 13.9. The van der Waals surface area contributed by atoms with Crippen molar-refractivity contribution in [2.45, 2.75) is 33.6 Å². The highest BCUT2D eigenvalue weighted by Crippen LogP contribution is 2.62. The summed E-state index contributed by atoms with van der Waals surface area (Å²) in [6.45, 7) is 5.61. The second kappa shape index (κ2) is 4.91. The number of Topliss-reactive ketones (excluding diaryl/α,β-unsaturated/α-hetero) is 2. The van der Waals surface area contributed by atoms with E-state index in [0.29, 0.717) is 24.3 Å². The number of ether oxygens (including phenoxy) is 1. The molecule has 0 heterocycles. The summed E-state index contributed by atoms with van der Waals surface area (Å²) in [5, 5.41) is 2.83. The molecule has 0 saturated heterocycles. The van der Waals surface area contributed by atoms with Gasteiger partial charge in [-0.1, -0.05) is 19.9 Å². The second-order valence-corrected chi connectivity index (χ2v) is 7.07. The van der Waals surface area contributed by atoms with Gasteiger partial charge in [-0.25, -0.2) is 0 Å². The van der Waals surface area contributed by atoms with Gasteiger partial charge in [-0.3, -0.25) is 14.4 Å². The number of ketones is 2. The molecule has 5 heteroatoms. The average molecular weight is 315 g/mol. The van der Waals surface area contributed by atoms with Crippen molar-refractivity contribution in [1.29, 1.82) is 0 Å². The van der Waals surface area contributed by atoms with E-state index in [0.717, 1.165) is 5.56 Å². The van der Waals surface area contributed by atoms with Crippen molar-refractivity contribution in [1.82, 2.24) is 0 Å². The standard InChI is InChI=1S/C18H21NO4/c1-10-5-6-13(23-4)12(9-10)19-16(22)18-8-7-11(17(18,2)3)14(20)15(18)21/h5-6,9,11H,7-8H2,1-4H3,(H,19,22). The summed E-state index contributed by atoms with van der Waals surface area (Å²) >= 11 is 0. The number of aryl methyl sites for hydroxylation is 1. The second-order valence-electron chi connectivity index (χ2n) is 7.07. The van der Waals surface area contributed by atoms with Crippen molar-refractivity contribution in [3.8, 4) is 5.75 Å². The molecule has 1 amide bonds.